The van der Waals surface area contributed by atoms with Gasteiger partial charge in [0.1, 0.15) is 0 Å². The minimum Gasteiger partial charge on any atom is -0.310 e. The highest BCUT2D eigenvalue weighted by Gasteiger charge is 2.20. The number of nitrogens with zero attached hydrogens (tertiary/aromatic N) is 2. The van der Waals surface area contributed by atoms with Gasteiger partial charge in [-0.05, 0) is 104 Å². The summed E-state index contributed by atoms with van der Waals surface area (Å²) in [5, 5.41) is 10.1. The van der Waals surface area contributed by atoms with Crippen LogP contribution in [0.4, 0.5) is 17.1 Å². The maximum atomic E-state index is 2.43. The van der Waals surface area contributed by atoms with Crippen LogP contribution >= 0.6 is 0 Å². The molecule has 2 heteroatoms. The van der Waals surface area contributed by atoms with Crippen LogP contribution in [0, 0.1) is 6.92 Å². The maximum absolute atomic E-state index is 2.43. The van der Waals surface area contributed by atoms with Crippen molar-refractivity contribution in [1.82, 2.24) is 4.57 Å². The van der Waals surface area contributed by atoms with E-state index in [9.17, 15) is 0 Å². The number of hydrogen-bond donors (Lipinski definition) is 0. The molecule has 0 fully saturated rings. The molecular formula is C49H34N2. The largest absolute Gasteiger partial charge is 0.310 e. The van der Waals surface area contributed by atoms with Crippen molar-refractivity contribution in [3.8, 4) is 16.8 Å². The second-order valence-electron chi connectivity index (χ2n) is 13.4. The minimum atomic E-state index is 1.12. The first-order valence-corrected chi connectivity index (χ1v) is 17.6. The van der Waals surface area contributed by atoms with E-state index in [1.807, 2.05) is 0 Å². The number of aryl methyl sites for hydroxylation is 1. The Morgan fingerprint density at radius 3 is 1.61 bits per heavy atom. The summed E-state index contributed by atoms with van der Waals surface area (Å²) in [5.74, 6) is 0. The molecule has 1 aromatic heterocycles. The van der Waals surface area contributed by atoms with Crippen LogP contribution in [0.2, 0.25) is 0 Å². The van der Waals surface area contributed by atoms with E-state index >= 15 is 0 Å². The summed E-state index contributed by atoms with van der Waals surface area (Å²) in [7, 11) is 0. The number of hydrogen-bond acceptors (Lipinski definition) is 1. The molecule has 0 saturated heterocycles. The fourth-order valence-electron chi connectivity index (χ4n) is 8.11. The highest BCUT2D eigenvalue weighted by Crippen LogP contribution is 2.43. The summed E-state index contributed by atoms with van der Waals surface area (Å²) in [5.41, 5.74) is 10.6. The van der Waals surface area contributed by atoms with Gasteiger partial charge in [-0.2, -0.15) is 0 Å². The highest BCUT2D eigenvalue weighted by molar-refractivity contribution is 6.25. The number of fused-ring (bicyclic) bond motifs is 9. The van der Waals surface area contributed by atoms with E-state index in [1.165, 1.54) is 70.8 Å². The number of rotatable bonds is 5. The Kier molecular flexibility index (Phi) is 6.75. The molecule has 0 radical (unpaired) electrons. The van der Waals surface area contributed by atoms with E-state index in [4.69, 9.17) is 0 Å². The predicted octanol–water partition coefficient (Wildman–Crippen LogP) is 13.7. The van der Waals surface area contributed by atoms with Crippen molar-refractivity contribution < 1.29 is 0 Å². The first-order valence-electron chi connectivity index (χ1n) is 17.6. The lowest BCUT2D eigenvalue weighted by molar-refractivity contribution is 1.18. The zero-order valence-electron chi connectivity index (χ0n) is 28.3. The number of para-hydroxylation sites is 2. The van der Waals surface area contributed by atoms with Gasteiger partial charge in [0.2, 0.25) is 0 Å². The molecule has 0 aliphatic carbocycles. The molecule has 0 aliphatic heterocycles. The Bertz CT molecular complexity index is 2900. The van der Waals surface area contributed by atoms with Crippen molar-refractivity contribution in [1.29, 1.82) is 0 Å². The third-order valence-corrected chi connectivity index (χ3v) is 10.5. The summed E-state index contributed by atoms with van der Waals surface area (Å²) in [4.78, 5) is 2.43. The van der Waals surface area contributed by atoms with Crippen molar-refractivity contribution in [2.24, 2.45) is 0 Å². The lowest BCUT2D eigenvalue weighted by Crippen LogP contribution is -2.11. The van der Waals surface area contributed by atoms with Crippen LogP contribution in [0.3, 0.4) is 0 Å². The molecule has 0 unspecified atom stereocenters. The third kappa shape index (κ3) is 4.72. The molecule has 9 aromatic carbocycles. The Labute approximate surface area is 297 Å². The van der Waals surface area contributed by atoms with Crippen molar-refractivity contribution in [3.05, 3.63) is 194 Å². The van der Waals surface area contributed by atoms with Gasteiger partial charge in [0.05, 0.1) is 11.0 Å². The second-order valence-corrected chi connectivity index (χ2v) is 13.4. The SMILES string of the molecule is Cc1ccccc1N(c1ccc2c3ccccc3c3ccccc3c2c1)c1ccc2c3ccccc3n(-c3cccc(-c4ccccc4)c3)c2c1. The fourth-order valence-corrected chi connectivity index (χ4v) is 8.11. The van der Waals surface area contributed by atoms with Gasteiger partial charge in [0.25, 0.3) is 0 Å². The number of anilines is 3. The summed E-state index contributed by atoms with van der Waals surface area (Å²) >= 11 is 0. The monoisotopic (exact) mass is 650 g/mol. The second kappa shape index (κ2) is 11.8. The maximum Gasteiger partial charge on any atom is 0.0561 e. The predicted molar refractivity (Wildman–Crippen MR) is 218 cm³/mol. The van der Waals surface area contributed by atoms with E-state index in [0.717, 1.165) is 22.7 Å². The third-order valence-electron chi connectivity index (χ3n) is 10.5. The first kappa shape index (κ1) is 29.3. The standard InChI is InChI=1S/C49H34N2/c1-33-14-5-11-24-47(33)50(37-26-28-43-41-21-7-6-19-39(41)40-20-8-9-22-42(40)46(43)31-37)38-27-29-45-44-23-10-12-25-48(44)51(49(45)32-38)36-18-13-17-35(30-36)34-15-3-2-4-16-34/h2-32H,1H3. The summed E-state index contributed by atoms with van der Waals surface area (Å²) in [6, 6.07) is 68.6. The molecular weight excluding hydrogens is 617 g/mol. The lowest BCUT2D eigenvalue weighted by atomic mass is 9.94. The van der Waals surface area contributed by atoms with Gasteiger partial charge >= 0.3 is 0 Å². The van der Waals surface area contributed by atoms with E-state index < -0.39 is 0 Å². The molecule has 10 aromatic rings. The van der Waals surface area contributed by atoms with Gasteiger partial charge in [-0.1, -0.05) is 140 Å². The van der Waals surface area contributed by atoms with E-state index in [0.29, 0.717) is 0 Å². The average molecular weight is 651 g/mol. The van der Waals surface area contributed by atoms with Crippen LogP contribution < -0.4 is 4.90 Å². The smallest absolute Gasteiger partial charge is 0.0561 e. The van der Waals surface area contributed by atoms with Crippen molar-refractivity contribution in [2.45, 2.75) is 6.92 Å². The highest BCUT2D eigenvalue weighted by atomic mass is 15.1. The van der Waals surface area contributed by atoms with Crippen molar-refractivity contribution >= 4 is 71.2 Å². The molecule has 0 bridgehead atoms. The van der Waals surface area contributed by atoms with Gasteiger partial charge in [-0.3, -0.25) is 0 Å². The van der Waals surface area contributed by atoms with Gasteiger partial charge in [0.15, 0.2) is 0 Å². The quantitative estimate of drug-likeness (QED) is 0.168. The van der Waals surface area contributed by atoms with Gasteiger partial charge < -0.3 is 9.47 Å². The van der Waals surface area contributed by atoms with Crippen LogP contribution in [-0.4, -0.2) is 4.57 Å². The normalized spacial score (nSPS) is 11.6. The summed E-state index contributed by atoms with van der Waals surface area (Å²) in [6.45, 7) is 2.21. The Morgan fingerprint density at radius 2 is 0.882 bits per heavy atom. The Hall–Kier alpha value is -6.64. The summed E-state index contributed by atoms with van der Waals surface area (Å²) < 4.78 is 2.43. The van der Waals surface area contributed by atoms with Crippen LogP contribution in [0.1, 0.15) is 5.56 Å². The van der Waals surface area contributed by atoms with E-state index in [-0.39, 0.29) is 0 Å². The fraction of sp³-hybridized carbons (Fsp3) is 0.0204. The molecule has 0 spiro atoms. The molecule has 0 atom stereocenters. The lowest BCUT2D eigenvalue weighted by Gasteiger charge is -2.28. The molecule has 1 heterocycles. The van der Waals surface area contributed by atoms with Crippen molar-refractivity contribution in [2.75, 3.05) is 4.90 Å². The van der Waals surface area contributed by atoms with E-state index in [2.05, 4.69) is 204 Å². The molecule has 0 saturated carbocycles. The molecule has 51 heavy (non-hydrogen) atoms. The van der Waals surface area contributed by atoms with Gasteiger partial charge in [-0.15, -0.1) is 0 Å². The topological polar surface area (TPSA) is 8.17 Å². The van der Waals surface area contributed by atoms with E-state index in [1.54, 1.807) is 0 Å². The minimum absolute atomic E-state index is 1.12. The number of benzene rings is 9. The Balaban J connectivity index is 1.23. The molecule has 0 aliphatic rings. The van der Waals surface area contributed by atoms with Gasteiger partial charge in [0, 0.05) is 33.5 Å². The molecule has 2 nitrogen and oxygen atoms in total. The molecule has 10 rings (SSSR count). The van der Waals surface area contributed by atoms with Crippen LogP contribution in [-0.2, 0) is 0 Å². The molecule has 0 N–H and O–H groups in total. The van der Waals surface area contributed by atoms with Gasteiger partial charge in [-0.25, -0.2) is 0 Å². The summed E-state index contributed by atoms with van der Waals surface area (Å²) in [6.07, 6.45) is 0. The molecule has 240 valence electrons. The molecule has 0 amide bonds. The average Bonchev–Trinajstić information content (AvgIpc) is 3.53. The van der Waals surface area contributed by atoms with Crippen LogP contribution in [0.5, 0.6) is 0 Å². The van der Waals surface area contributed by atoms with Crippen LogP contribution in [0.25, 0.3) is 70.9 Å². The zero-order valence-corrected chi connectivity index (χ0v) is 28.3. The van der Waals surface area contributed by atoms with Crippen molar-refractivity contribution in [3.63, 3.8) is 0 Å². The number of aromatic nitrogens is 1. The van der Waals surface area contributed by atoms with Crippen LogP contribution in [0.15, 0.2) is 188 Å². The first-order chi connectivity index (χ1) is 25.2. The Morgan fingerprint density at radius 1 is 0.353 bits per heavy atom. The zero-order chi connectivity index (χ0) is 33.9.